The molecule has 3 aromatic rings. The fourth-order valence-electron chi connectivity index (χ4n) is 3.14. The summed E-state index contributed by atoms with van der Waals surface area (Å²) in [6.45, 7) is 0.0190. The molecule has 1 aromatic heterocycles. The SMILES string of the molecule is O=C(NCC1=NOC(C(F)(F)c2ccccc2)C1)c1nccc2ccccc12. The first-order valence-corrected chi connectivity index (χ1v) is 8.82. The molecule has 1 aliphatic heterocycles. The summed E-state index contributed by atoms with van der Waals surface area (Å²) in [7, 11) is 0. The van der Waals surface area contributed by atoms with Gasteiger partial charge >= 0.3 is 5.92 Å². The van der Waals surface area contributed by atoms with Crippen LogP contribution in [0.25, 0.3) is 10.8 Å². The van der Waals surface area contributed by atoms with Crippen LogP contribution in [0, 0.1) is 0 Å². The van der Waals surface area contributed by atoms with Crippen LogP contribution in [-0.4, -0.2) is 29.3 Å². The number of rotatable bonds is 5. The van der Waals surface area contributed by atoms with E-state index in [2.05, 4.69) is 15.5 Å². The van der Waals surface area contributed by atoms with E-state index in [1.54, 1.807) is 24.4 Å². The van der Waals surface area contributed by atoms with Gasteiger partial charge in [0.2, 0.25) is 0 Å². The second-order valence-electron chi connectivity index (χ2n) is 6.51. The largest absolute Gasteiger partial charge is 0.385 e. The van der Waals surface area contributed by atoms with Gasteiger partial charge in [-0.15, -0.1) is 0 Å². The van der Waals surface area contributed by atoms with Crippen LogP contribution >= 0.6 is 0 Å². The summed E-state index contributed by atoms with van der Waals surface area (Å²) < 4.78 is 29.2. The standard InChI is InChI=1S/C21H17F2N3O2/c22-21(23,15-7-2-1-3-8-15)18-12-16(26-28-18)13-25-20(27)19-17-9-5-4-6-14(17)10-11-24-19/h1-11,18H,12-13H2,(H,25,27). The van der Waals surface area contributed by atoms with Crippen molar-refractivity contribution in [3.63, 3.8) is 0 Å². The van der Waals surface area contributed by atoms with Crippen LogP contribution in [0.2, 0.25) is 0 Å². The second-order valence-corrected chi connectivity index (χ2v) is 6.51. The van der Waals surface area contributed by atoms with Crippen molar-refractivity contribution in [2.75, 3.05) is 6.54 Å². The van der Waals surface area contributed by atoms with Gasteiger partial charge in [0.05, 0.1) is 12.3 Å². The average molecular weight is 381 g/mol. The molecule has 142 valence electrons. The molecule has 4 rings (SSSR count). The second kappa shape index (κ2) is 7.34. The molecule has 1 unspecified atom stereocenters. The zero-order valence-corrected chi connectivity index (χ0v) is 14.8. The third-order valence-corrected chi connectivity index (χ3v) is 4.63. The Morgan fingerprint density at radius 1 is 1.11 bits per heavy atom. The predicted molar refractivity (Wildman–Crippen MR) is 101 cm³/mol. The summed E-state index contributed by atoms with van der Waals surface area (Å²) in [6, 6.07) is 16.7. The fraction of sp³-hybridized carbons (Fsp3) is 0.190. The highest BCUT2D eigenvalue weighted by molar-refractivity contribution is 6.06. The number of oxime groups is 1. The summed E-state index contributed by atoms with van der Waals surface area (Å²) in [4.78, 5) is 21.6. The van der Waals surface area contributed by atoms with Gasteiger partial charge in [-0.3, -0.25) is 9.78 Å². The molecule has 0 saturated carbocycles. The Kier molecular flexibility index (Phi) is 4.73. The minimum Gasteiger partial charge on any atom is -0.385 e. The Labute approximate surface area is 160 Å². The van der Waals surface area contributed by atoms with Crippen molar-refractivity contribution >= 4 is 22.4 Å². The highest BCUT2D eigenvalue weighted by Crippen LogP contribution is 2.37. The maximum Gasteiger partial charge on any atom is 0.312 e. The lowest BCUT2D eigenvalue weighted by atomic mass is 9.99. The van der Waals surface area contributed by atoms with Gasteiger partial charge in [-0.05, 0) is 11.5 Å². The number of alkyl halides is 2. The molecule has 1 N–H and O–H groups in total. The average Bonchev–Trinajstić information content (AvgIpc) is 3.22. The summed E-state index contributed by atoms with van der Waals surface area (Å²) in [5.74, 6) is -3.56. The smallest absolute Gasteiger partial charge is 0.312 e. The molecule has 0 aliphatic carbocycles. The van der Waals surface area contributed by atoms with E-state index in [9.17, 15) is 13.6 Å². The van der Waals surface area contributed by atoms with Gasteiger partial charge in [0, 0.05) is 23.6 Å². The van der Waals surface area contributed by atoms with Gasteiger partial charge in [-0.25, -0.2) is 0 Å². The van der Waals surface area contributed by atoms with Crippen molar-refractivity contribution in [1.29, 1.82) is 0 Å². The number of pyridine rings is 1. The van der Waals surface area contributed by atoms with Crippen LogP contribution in [0.15, 0.2) is 72.0 Å². The fourth-order valence-corrected chi connectivity index (χ4v) is 3.14. The van der Waals surface area contributed by atoms with Crippen molar-refractivity contribution in [1.82, 2.24) is 10.3 Å². The first-order valence-electron chi connectivity index (χ1n) is 8.82. The molecule has 0 fully saturated rings. The van der Waals surface area contributed by atoms with Crippen molar-refractivity contribution in [3.05, 3.63) is 78.1 Å². The van der Waals surface area contributed by atoms with Crippen LogP contribution in [-0.2, 0) is 10.8 Å². The number of halogens is 2. The first-order chi connectivity index (χ1) is 13.6. The van der Waals surface area contributed by atoms with Gasteiger partial charge in [0.1, 0.15) is 5.69 Å². The van der Waals surface area contributed by atoms with Crippen LogP contribution in [0.5, 0.6) is 0 Å². The maximum absolute atomic E-state index is 14.6. The van der Waals surface area contributed by atoms with Gasteiger partial charge in [-0.2, -0.15) is 8.78 Å². The number of fused-ring (bicyclic) bond motifs is 1. The number of aromatic nitrogens is 1. The lowest BCUT2D eigenvalue weighted by Crippen LogP contribution is -2.34. The molecule has 5 nitrogen and oxygen atoms in total. The van der Waals surface area contributed by atoms with Crippen molar-refractivity contribution < 1.29 is 18.4 Å². The lowest BCUT2D eigenvalue weighted by Gasteiger charge is -2.21. The summed E-state index contributed by atoms with van der Waals surface area (Å²) >= 11 is 0. The Morgan fingerprint density at radius 3 is 2.68 bits per heavy atom. The number of carbonyl (C=O) groups is 1. The molecule has 0 spiro atoms. The van der Waals surface area contributed by atoms with E-state index in [0.717, 1.165) is 10.8 Å². The van der Waals surface area contributed by atoms with E-state index < -0.39 is 17.9 Å². The third-order valence-electron chi connectivity index (χ3n) is 4.63. The topological polar surface area (TPSA) is 63.6 Å². The normalized spacial score (nSPS) is 16.5. The molecule has 2 heterocycles. The number of nitrogens with zero attached hydrogens (tertiary/aromatic N) is 2. The minimum absolute atomic E-state index is 0.0190. The van der Waals surface area contributed by atoms with Gasteiger partial charge < -0.3 is 10.2 Å². The van der Waals surface area contributed by atoms with Crippen LogP contribution < -0.4 is 5.32 Å². The zero-order valence-electron chi connectivity index (χ0n) is 14.8. The predicted octanol–water partition coefficient (Wildman–Crippen LogP) is 3.90. The molecule has 28 heavy (non-hydrogen) atoms. The lowest BCUT2D eigenvalue weighted by molar-refractivity contribution is -0.131. The van der Waals surface area contributed by atoms with E-state index in [1.165, 1.54) is 12.1 Å². The number of carbonyl (C=O) groups excluding carboxylic acids is 1. The molecule has 0 bridgehead atoms. The molecule has 1 atom stereocenters. The van der Waals surface area contributed by atoms with Crippen molar-refractivity contribution in [2.45, 2.75) is 18.4 Å². The van der Waals surface area contributed by atoms with Gasteiger partial charge in [-0.1, -0.05) is 59.8 Å². The maximum atomic E-state index is 14.6. The minimum atomic E-state index is -3.17. The van der Waals surface area contributed by atoms with Crippen molar-refractivity contribution in [3.8, 4) is 0 Å². The monoisotopic (exact) mass is 381 g/mol. The first kappa shape index (κ1) is 18.0. The van der Waals surface area contributed by atoms with E-state index in [4.69, 9.17) is 4.84 Å². The number of hydrogen-bond donors (Lipinski definition) is 1. The quantitative estimate of drug-likeness (QED) is 0.729. The molecule has 1 amide bonds. The molecule has 2 aromatic carbocycles. The third kappa shape index (κ3) is 3.43. The Morgan fingerprint density at radius 2 is 1.86 bits per heavy atom. The van der Waals surface area contributed by atoms with E-state index in [-0.39, 0.29) is 24.2 Å². The summed E-state index contributed by atoms with van der Waals surface area (Å²) in [5.41, 5.74) is 0.512. The molecule has 0 saturated heterocycles. The van der Waals surface area contributed by atoms with Crippen molar-refractivity contribution in [2.24, 2.45) is 5.16 Å². The highest BCUT2D eigenvalue weighted by Gasteiger charge is 2.46. The Bertz CT molecular complexity index is 1030. The van der Waals surface area contributed by atoms with Crippen LogP contribution in [0.3, 0.4) is 0 Å². The summed E-state index contributed by atoms with van der Waals surface area (Å²) in [5, 5.41) is 8.04. The van der Waals surface area contributed by atoms with E-state index >= 15 is 0 Å². The van der Waals surface area contributed by atoms with E-state index in [0.29, 0.717) is 5.71 Å². The van der Waals surface area contributed by atoms with Crippen LogP contribution in [0.4, 0.5) is 8.78 Å². The number of benzene rings is 2. The van der Waals surface area contributed by atoms with Crippen LogP contribution in [0.1, 0.15) is 22.5 Å². The molecular formula is C21H17F2N3O2. The molecule has 1 aliphatic rings. The van der Waals surface area contributed by atoms with Gasteiger partial charge in [0.15, 0.2) is 6.10 Å². The molecule has 0 radical (unpaired) electrons. The number of hydrogen-bond acceptors (Lipinski definition) is 4. The Balaban J connectivity index is 1.40. The number of nitrogens with one attached hydrogen (secondary N) is 1. The summed E-state index contributed by atoms with van der Waals surface area (Å²) in [6.07, 6.45) is 0.104. The Hall–Kier alpha value is -3.35. The number of amides is 1. The highest BCUT2D eigenvalue weighted by atomic mass is 19.3. The van der Waals surface area contributed by atoms with E-state index in [1.807, 2.05) is 30.3 Å². The zero-order chi connectivity index (χ0) is 19.6. The molecule has 7 heteroatoms. The van der Waals surface area contributed by atoms with Gasteiger partial charge in [0.25, 0.3) is 5.91 Å². The molecular weight excluding hydrogens is 364 g/mol.